The molecule has 0 aliphatic heterocycles. The molecule has 0 aromatic heterocycles. The van der Waals surface area contributed by atoms with Crippen molar-refractivity contribution < 1.29 is 18.0 Å². The van der Waals surface area contributed by atoms with Crippen LogP contribution in [0.1, 0.15) is 35.7 Å². The number of Topliss-reactive ketones (excluding diaryl/α,β-unsaturated/α-hetero) is 1. The maximum Gasteiger partial charge on any atom is 0.242 e. The summed E-state index contributed by atoms with van der Waals surface area (Å²) >= 11 is 0. The maximum absolute atomic E-state index is 12.6. The Morgan fingerprint density at radius 2 is 1.68 bits per heavy atom. The molecular formula is C20H21N3O4S. The molecule has 7 nitrogen and oxygen atoms in total. The topological polar surface area (TPSA) is 107 Å². The molecule has 0 atom stereocenters. The van der Waals surface area contributed by atoms with Gasteiger partial charge < -0.3 is 5.32 Å². The van der Waals surface area contributed by atoms with Gasteiger partial charge in [-0.3, -0.25) is 9.59 Å². The summed E-state index contributed by atoms with van der Waals surface area (Å²) in [4.78, 5) is 23.4. The van der Waals surface area contributed by atoms with E-state index in [4.69, 9.17) is 5.26 Å². The van der Waals surface area contributed by atoms with E-state index in [0.29, 0.717) is 23.2 Å². The predicted molar refractivity (Wildman–Crippen MR) is 105 cm³/mol. The van der Waals surface area contributed by atoms with E-state index in [1.807, 2.05) is 6.07 Å². The number of carbonyl (C=O) groups is 2. The van der Waals surface area contributed by atoms with Gasteiger partial charge in [-0.15, -0.1) is 0 Å². The molecule has 2 rings (SSSR count). The molecule has 0 radical (unpaired) electrons. The van der Waals surface area contributed by atoms with Gasteiger partial charge in [-0.25, -0.2) is 12.7 Å². The van der Waals surface area contributed by atoms with E-state index in [-0.39, 0.29) is 29.6 Å². The van der Waals surface area contributed by atoms with Gasteiger partial charge in [0, 0.05) is 31.3 Å². The predicted octanol–water partition coefficient (Wildman–Crippen LogP) is 2.80. The second-order valence-corrected chi connectivity index (χ2v) is 8.29. The highest BCUT2D eigenvalue weighted by Gasteiger charge is 2.20. The van der Waals surface area contributed by atoms with Gasteiger partial charge in [0.2, 0.25) is 15.9 Å². The van der Waals surface area contributed by atoms with E-state index in [0.717, 1.165) is 0 Å². The molecule has 2 aromatic carbocycles. The highest BCUT2D eigenvalue weighted by Crippen LogP contribution is 2.16. The molecule has 0 heterocycles. The first-order valence-electron chi connectivity index (χ1n) is 8.61. The second-order valence-electron chi connectivity index (χ2n) is 6.25. The minimum atomic E-state index is -3.69. The van der Waals surface area contributed by atoms with Crippen LogP contribution in [0.25, 0.3) is 0 Å². The van der Waals surface area contributed by atoms with E-state index in [9.17, 15) is 18.0 Å². The van der Waals surface area contributed by atoms with Crippen LogP contribution in [0.2, 0.25) is 0 Å². The van der Waals surface area contributed by atoms with Crippen molar-refractivity contribution in [3.8, 4) is 6.07 Å². The van der Waals surface area contributed by atoms with Crippen LogP contribution in [0.15, 0.2) is 53.4 Å². The summed E-state index contributed by atoms with van der Waals surface area (Å²) in [5.41, 5.74) is 1.53. The molecule has 146 valence electrons. The number of rotatable bonds is 8. The summed E-state index contributed by atoms with van der Waals surface area (Å²) in [6, 6.07) is 14.2. The molecule has 28 heavy (non-hydrogen) atoms. The number of amides is 1. The van der Waals surface area contributed by atoms with Crippen LogP contribution < -0.4 is 5.32 Å². The molecule has 0 aliphatic rings. The lowest BCUT2D eigenvalue weighted by Gasteiger charge is -2.17. The lowest BCUT2D eigenvalue weighted by atomic mass is 10.2. The third-order valence-corrected chi connectivity index (χ3v) is 6.01. The second kappa shape index (κ2) is 9.26. The number of hydrogen-bond donors (Lipinski definition) is 1. The lowest BCUT2D eigenvalue weighted by Crippen LogP contribution is -2.28. The van der Waals surface area contributed by atoms with Crippen LogP contribution in [0.4, 0.5) is 5.69 Å². The molecule has 0 aliphatic carbocycles. The maximum atomic E-state index is 12.6. The summed E-state index contributed by atoms with van der Waals surface area (Å²) in [6.45, 7) is 1.59. The number of benzene rings is 2. The van der Waals surface area contributed by atoms with Crippen molar-refractivity contribution in [3.05, 3.63) is 59.7 Å². The van der Waals surface area contributed by atoms with Crippen LogP contribution in [0.5, 0.6) is 0 Å². The Morgan fingerprint density at radius 1 is 1.07 bits per heavy atom. The molecule has 0 fully saturated rings. The van der Waals surface area contributed by atoms with Crippen LogP contribution in [-0.4, -0.2) is 38.0 Å². The number of anilines is 1. The average molecular weight is 399 g/mol. The fourth-order valence-electron chi connectivity index (χ4n) is 2.48. The van der Waals surface area contributed by atoms with Gasteiger partial charge in [0.25, 0.3) is 0 Å². The number of hydrogen-bond acceptors (Lipinski definition) is 5. The first-order chi connectivity index (χ1) is 13.2. The number of nitriles is 1. The van der Waals surface area contributed by atoms with Gasteiger partial charge in [-0.1, -0.05) is 12.1 Å². The third-order valence-electron chi connectivity index (χ3n) is 4.14. The smallest absolute Gasteiger partial charge is 0.242 e. The van der Waals surface area contributed by atoms with Crippen molar-refractivity contribution in [2.75, 3.05) is 18.9 Å². The summed E-state index contributed by atoms with van der Waals surface area (Å²) in [7, 11) is -2.24. The first kappa shape index (κ1) is 21.3. The first-order valence-corrected chi connectivity index (χ1v) is 10.1. The van der Waals surface area contributed by atoms with Crippen molar-refractivity contribution in [2.45, 2.75) is 24.7 Å². The zero-order valence-corrected chi connectivity index (χ0v) is 16.5. The number of carbonyl (C=O) groups excluding carboxylic acids is 2. The van der Waals surface area contributed by atoms with Crippen molar-refractivity contribution in [1.29, 1.82) is 5.26 Å². The van der Waals surface area contributed by atoms with E-state index in [1.165, 1.54) is 42.5 Å². The van der Waals surface area contributed by atoms with Gasteiger partial charge in [-0.2, -0.15) is 5.26 Å². The minimum Gasteiger partial charge on any atom is -0.326 e. The summed E-state index contributed by atoms with van der Waals surface area (Å²) in [6.07, 6.45) is 0.506. The SMILES string of the molecule is CC(=O)c1ccc(S(=O)(=O)N(C)CCCC(=O)Nc2ccc(C#N)cc2)cc1. The van der Waals surface area contributed by atoms with Crippen LogP contribution in [-0.2, 0) is 14.8 Å². The van der Waals surface area contributed by atoms with E-state index < -0.39 is 10.0 Å². The molecule has 0 saturated heterocycles. The monoisotopic (exact) mass is 399 g/mol. The fraction of sp³-hybridized carbons (Fsp3) is 0.250. The molecule has 0 spiro atoms. The van der Waals surface area contributed by atoms with Gasteiger partial charge in [0.15, 0.2) is 5.78 Å². The Bertz CT molecular complexity index is 991. The standard InChI is InChI=1S/C20H21N3O4S/c1-15(24)17-7-11-19(12-8-17)28(26,27)23(2)13-3-4-20(25)22-18-9-5-16(14-21)6-10-18/h5-12H,3-4,13H2,1-2H3,(H,22,25). The molecule has 0 saturated carbocycles. The molecule has 8 heteroatoms. The van der Waals surface area contributed by atoms with Crippen molar-refractivity contribution >= 4 is 27.4 Å². The van der Waals surface area contributed by atoms with Crippen LogP contribution >= 0.6 is 0 Å². The number of nitrogens with zero attached hydrogens (tertiary/aromatic N) is 2. The number of nitrogens with one attached hydrogen (secondary N) is 1. The lowest BCUT2D eigenvalue weighted by molar-refractivity contribution is -0.116. The zero-order valence-electron chi connectivity index (χ0n) is 15.7. The molecule has 1 N–H and O–H groups in total. The third kappa shape index (κ3) is 5.49. The molecule has 2 aromatic rings. The Hall–Kier alpha value is -3.02. The van der Waals surface area contributed by atoms with Gasteiger partial charge in [0.1, 0.15) is 0 Å². The summed E-state index contributed by atoms with van der Waals surface area (Å²) in [5, 5.41) is 11.5. The molecular weight excluding hydrogens is 378 g/mol. The van der Waals surface area contributed by atoms with E-state index in [2.05, 4.69) is 5.32 Å². The minimum absolute atomic E-state index is 0.0991. The summed E-state index contributed by atoms with van der Waals surface area (Å²) < 4.78 is 26.3. The van der Waals surface area contributed by atoms with Crippen LogP contribution in [0, 0.1) is 11.3 Å². The molecule has 0 unspecified atom stereocenters. The largest absolute Gasteiger partial charge is 0.326 e. The Morgan fingerprint density at radius 3 is 2.21 bits per heavy atom. The summed E-state index contributed by atoms with van der Waals surface area (Å²) in [5.74, 6) is -0.369. The number of ketones is 1. The van der Waals surface area contributed by atoms with Gasteiger partial charge >= 0.3 is 0 Å². The Kier molecular flexibility index (Phi) is 7.04. The van der Waals surface area contributed by atoms with Crippen molar-refractivity contribution in [1.82, 2.24) is 4.31 Å². The average Bonchev–Trinajstić information content (AvgIpc) is 2.68. The fourth-order valence-corrected chi connectivity index (χ4v) is 3.68. The van der Waals surface area contributed by atoms with Crippen molar-refractivity contribution in [2.24, 2.45) is 0 Å². The van der Waals surface area contributed by atoms with Crippen molar-refractivity contribution in [3.63, 3.8) is 0 Å². The highest BCUT2D eigenvalue weighted by molar-refractivity contribution is 7.89. The molecule has 1 amide bonds. The quantitative estimate of drug-likeness (QED) is 0.687. The number of sulfonamides is 1. The Labute approximate surface area is 164 Å². The van der Waals surface area contributed by atoms with E-state index in [1.54, 1.807) is 24.3 Å². The normalized spacial score (nSPS) is 11.1. The zero-order chi connectivity index (χ0) is 20.7. The van der Waals surface area contributed by atoms with Gasteiger partial charge in [0.05, 0.1) is 16.5 Å². The van der Waals surface area contributed by atoms with E-state index >= 15 is 0 Å². The Balaban J connectivity index is 1.87. The highest BCUT2D eigenvalue weighted by atomic mass is 32.2. The van der Waals surface area contributed by atoms with Crippen LogP contribution in [0.3, 0.4) is 0 Å². The van der Waals surface area contributed by atoms with Gasteiger partial charge in [-0.05, 0) is 49.7 Å². The molecule has 0 bridgehead atoms.